The molecule has 0 bridgehead atoms. The smallest absolute Gasteiger partial charge is 0.0466 e. The molecule has 0 aromatic carbocycles. The molecule has 1 aliphatic rings. The summed E-state index contributed by atoms with van der Waals surface area (Å²) in [5.41, 5.74) is 6.18. The molecular weight excluding hydrogens is 138 g/mol. The number of rotatable bonds is 6. The highest BCUT2D eigenvalue weighted by atomic mass is 16.5. The van der Waals surface area contributed by atoms with Crippen LogP contribution in [0.15, 0.2) is 0 Å². The first kappa shape index (κ1) is 9.01. The van der Waals surface area contributed by atoms with Crippen molar-refractivity contribution in [1.82, 2.24) is 0 Å². The predicted molar refractivity (Wildman–Crippen MR) is 46.4 cm³/mol. The van der Waals surface area contributed by atoms with Crippen LogP contribution in [0.3, 0.4) is 0 Å². The number of ether oxygens (including phenoxy) is 1. The van der Waals surface area contributed by atoms with E-state index in [-0.39, 0.29) is 0 Å². The maximum Gasteiger partial charge on any atom is 0.0466 e. The van der Waals surface area contributed by atoms with Crippen LogP contribution >= 0.6 is 0 Å². The SMILES string of the molecule is CCOCCCC1(CN)CC1. The highest BCUT2D eigenvalue weighted by Gasteiger charge is 2.39. The first-order valence-corrected chi connectivity index (χ1v) is 4.61. The molecule has 0 heterocycles. The van der Waals surface area contributed by atoms with E-state index in [2.05, 4.69) is 0 Å². The molecule has 1 rings (SSSR count). The second-order valence-electron chi connectivity index (χ2n) is 3.50. The van der Waals surface area contributed by atoms with Crippen LogP contribution in [0.5, 0.6) is 0 Å². The van der Waals surface area contributed by atoms with Crippen molar-refractivity contribution in [2.24, 2.45) is 11.1 Å². The third kappa shape index (κ3) is 2.80. The Hall–Kier alpha value is -0.0800. The molecule has 2 N–H and O–H groups in total. The third-order valence-electron chi connectivity index (χ3n) is 2.59. The van der Waals surface area contributed by atoms with E-state index < -0.39 is 0 Å². The van der Waals surface area contributed by atoms with Gasteiger partial charge in [-0.05, 0) is 44.6 Å². The summed E-state index contributed by atoms with van der Waals surface area (Å²) in [5.74, 6) is 0. The van der Waals surface area contributed by atoms with E-state index >= 15 is 0 Å². The molecule has 2 nitrogen and oxygen atoms in total. The molecule has 0 spiro atoms. The Labute approximate surface area is 69.1 Å². The van der Waals surface area contributed by atoms with Crippen LogP contribution in [0, 0.1) is 5.41 Å². The highest BCUT2D eigenvalue weighted by molar-refractivity contribution is 4.93. The molecule has 1 saturated carbocycles. The van der Waals surface area contributed by atoms with Crippen molar-refractivity contribution in [3.63, 3.8) is 0 Å². The molecule has 1 fully saturated rings. The van der Waals surface area contributed by atoms with Crippen molar-refractivity contribution < 1.29 is 4.74 Å². The molecule has 66 valence electrons. The second kappa shape index (κ2) is 4.07. The Balaban J connectivity index is 1.94. The summed E-state index contributed by atoms with van der Waals surface area (Å²) in [7, 11) is 0. The summed E-state index contributed by atoms with van der Waals surface area (Å²) in [6, 6.07) is 0. The van der Waals surface area contributed by atoms with Gasteiger partial charge >= 0.3 is 0 Å². The van der Waals surface area contributed by atoms with Gasteiger partial charge in [0.05, 0.1) is 0 Å². The molecule has 0 unspecified atom stereocenters. The van der Waals surface area contributed by atoms with Crippen LogP contribution in [0.4, 0.5) is 0 Å². The number of hydrogen-bond donors (Lipinski definition) is 1. The van der Waals surface area contributed by atoms with Gasteiger partial charge in [0.1, 0.15) is 0 Å². The summed E-state index contributed by atoms with van der Waals surface area (Å²) in [4.78, 5) is 0. The lowest BCUT2D eigenvalue weighted by Crippen LogP contribution is -2.15. The van der Waals surface area contributed by atoms with Crippen LogP contribution in [0.2, 0.25) is 0 Å². The van der Waals surface area contributed by atoms with Gasteiger partial charge in [0.15, 0.2) is 0 Å². The van der Waals surface area contributed by atoms with E-state index in [1.54, 1.807) is 0 Å². The zero-order chi connectivity index (χ0) is 8.16. The minimum Gasteiger partial charge on any atom is -0.382 e. The first-order chi connectivity index (χ1) is 5.33. The number of nitrogens with two attached hydrogens (primary N) is 1. The van der Waals surface area contributed by atoms with Gasteiger partial charge in [-0.25, -0.2) is 0 Å². The van der Waals surface area contributed by atoms with Crippen LogP contribution in [0.1, 0.15) is 32.6 Å². The first-order valence-electron chi connectivity index (χ1n) is 4.61. The monoisotopic (exact) mass is 157 g/mol. The maximum atomic E-state index is 5.64. The van der Waals surface area contributed by atoms with E-state index in [4.69, 9.17) is 10.5 Å². The minimum atomic E-state index is 0.539. The Bertz CT molecular complexity index is 110. The van der Waals surface area contributed by atoms with Gasteiger partial charge in [0.25, 0.3) is 0 Å². The van der Waals surface area contributed by atoms with Crippen LogP contribution < -0.4 is 5.73 Å². The molecule has 11 heavy (non-hydrogen) atoms. The van der Waals surface area contributed by atoms with Crippen molar-refractivity contribution in [2.75, 3.05) is 19.8 Å². The van der Waals surface area contributed by atoms with E-state index in [0.717, 1.165) is 19.8 Å². The predicted octanol–water partition coefficient (Wildman–Crippen LogP) is 1.54. The van der Waals surface area contributed by atoms with E-state index in [1.165, 1.54) is 25.7 Å². The van der Waals surface area contributed by atoms with Gasteiger partial charge in [-0.15, -0.1) is 0 Å². The lowest BCUT2D eigenvalue weighted by Gasteiger charge is -2.10. The van der Waals surface area contributed by atoms with E-state index in [9.17, 15) is 0 Å². The van der Waals surface area contributed by atoms with Crippen LogP contribution in [-0.4, -0.2) is 19.8 Å². The molecule has 0 amide bonds. The molecular formula is C9H19NO. The van der Waals surface area contributed by atoms with Gasteiger partial charge in [-0.2, -0.15) is 0 Å². The molecule has 2 heteroatoms. The van der Waals surface area contributed by atoms with Crippen LogP contribution in [0.25, 0.3) is 0 Å². The largest absolute Gasteiger partial charge is 0.382 e. The van der Waals surface area contributed by atoms with Gasteiger partial charge < -0.3 is 10.5 Å². The molecule has 0 radical (unpaired) electrons. The molecule has 0 aliphatic heterocycles. The standard InChI is InChI=1S/C9H19NO/c1-2-11-7-3-4-9(8-10)5-6-9/h2-8,10H2,1H3. The zero-order valence-electron chi connectivity index (χ0n) is 7.44. The van der Waals surface area contributed by atoms with Crippen molar-refractivity contribution >= 4 is 0 Å². The van der Waals surface area contributed by atoms with Gasteiger partial charge in [-0.1, -0.05) is 0 Å². The summed E-state index contributed by atoms with van der Waals surface area (Å²) in [5, 5.41) is 0. The van der Waals surface area contributed by atoms with Gasteiger partial charge in [0, 0.05) is 13.2 Å². The summed E-state index contributed by atoms with van der Waals surface area (Å²) in [6.07, 6.45) is 5.14. The van der Waals surface area contributed by atoms with Crippen molar-refractivity contribution in [3.8, 4) is 0 Å². The molecule has 0 atom stereocenters. The molecule has 0 saturated heterocycles. The molecule has 0 aromatic rings. The Morgan fingerprint density at radius 2 is 2.18 bits per heavy atom. The lowest BCUT2D eigenvalue weighted by atomic mass is 10.0. The fourth-order valence-electron chi connectivity index (χ4n) is 1.43. The Morgan fingerprint density at radius 3 is 2.64 bits per heavy atom. The fraction of sp³-hybridized carbons (Fsp3) is 1.00. The van der Waals surface area contributed by atoms with Gasteiger partial charge in [0.2, 0.25) is 0 Å². The zero-order valence-corrected chi connectivity index (χ0v) is 7.44. The third-order valence-corrected chi connectivity index (χ3v) is 2.59. The van der Waals surface area contributed by atoms with Gasteiger partial charge in [-0.3, -0.25) is 0 Å². The molecule has 0 aromatic heterocycles. The summed E-state index contributed by atoms with van der Waals surface area (Å²) < 4.78 is 5.26. The topological polar surface area (TPSA) is 35.2 Å². The summed E-state index contributed by atoms with van der Waals surface area (Å²) >= 11 is 0. The average Bonchev–Trinajstić information content (AvgIpc) is 2.80. The van der Waals surface area contributed by atoms with Crippen molar-refractivity contribution in [1.29, 1.82) is 0 Å². The summed E-state index contributed by atoms with van der Waals surface area (Å²) in [6.45, 7) is 4.67. The van der Waals surface area contributed by atoms with Crippen molar-refractivity contribution in [3.05, 3.63) is 0 Å². The van der Waals surface area contributed by atoms with Crippen LogP contribution in [-0.2, 0) is 4.74 Å². The fourth-order valence-corrected chi connectivity index (χ4v) is 1.43. The highest BCUT2D eigenvalue weighted by Crippen LogP contribution is 2.48. The lowest BCUT2D eigenvalue weighted by molar-refractivity contribution is 0.138. The minimum absolute atomic E-state index is 0.539. The molecule has 1 aliphatic carbocycles. The quantitative estimate of drug-likeness (QED) is 0.594. The number of hydrogen-bond acceptors (Lipinski definition) is 2. The van der Waals surface area contributed by atoms with E-state index in [0.29, 0.717) is 5.41 Å². The Kier molecular flexibility index (Phi) is 3.34. The van der Waals surface area contributed by atoms with Crippen molar-refractivity contribution in [2.45, 2.75) is 32.6 Å². The normalized spacial score (nSPS) is 20.2. The second-order valence-corrected chi connectivity index (χ2v) is 3.50. The average molecular weight is 157 g/mol. The maximum absolute atomic E-state index is 5.64. The Morgan fingerprint density at radius 1 is 1.45 bits per heavy atom. The van der Waals surface area contributed by atoms with E-state index in [1.807, 2.05) is 6.92 Å².